The van der Waals surface area contributed by atoms with Gasteiger partial charge in [0.1, 0.15) is 16.7 Å². The van der Waals surface area contributed by atoms with Crippen LogP contribution in [0, 0.1) is 0 Å². The fourth-order valence-corrected chi connectivity index (χ4v) is 12.2. The van der Waals surface area contributed by atoms with Crippen LogP contribution in [0.3, 0.4) is 0 Å². The second kappa shape index (κ2) is 15.3. The Labute approximate surface area is 397 Å². The quantitative estimate of drug-likeness (QED) is 0.166. The Bertz CT molecular complexity index is 3870. The van der Waals surface area contributed by atoms with Crippen molar-refractivity contribution in [3.05, 3.63) is 264 Å². The third-order valence-electron chi connectivity index (χ3n) is 13.9. The molecule has 0 saturated heterocycles. The summed E-state index contributed by atoms with van der Waals surface area (Å²) in [6.45, 7) is 0. The van der Waals surface area contributed by atoms with Crippen LogP contribution in [0.2, 0.25) is 0 Å². The zero-order valence-electron chi connectivity index (χ0n) is 36.7. The van der Waals surface area contributed by atoms with E-state index in [1.807, 2.05) is 17.8 Å². The highest BCUT2D eigenvalue weighted by Gasteiger charge is 2.45. The van der Waals surface area contributed by atoms with Gasteiger partial charge in [0.15, 0.2) is 5.58 Å². The molecule has 320 valence electrons. The molecule has 0 atom stereocenters. The lowest BCUT2D eigenvalue weighted by atomic mass is 9.63. The summed E-state index contributed by atoms with van der Waals surface area (Å²) in [7, 11) is 0. The van der Waals surface area contributed by atoms with Gasteiger partial charge in [-0.1, -0.05) is 176 Å². The summed E-state index contributed by atoms with van der Waals surface area (Å²) in [5.41, 5.74) is 16.0. The van der Waals surface area contributed by atoms with E-state index in [0.717, 1.165) is 94.0 Å². The molecule has 1 aliphatic carbocycles. The van der Waals surface area contributed by atoms with Crippen molar-refractivity contribution in [1.29, 1.82) is 0 Å². The summed E-state index contributed by atoms with van der Waals surface area (Å²) in [6, 6.07) is 83.0. The molecule has 0 radical (unpaired) electrons. The van der Waals surface area contributed by atoms with Gasteiger partial charge in [-0.3, -0.25) is 0 Å². The number of hydrogen-bond donors (Lipinski definition) is 0. The van der Waals surface area contributed by atoms with Crippen molar-refractivity contribution >= 4 is 102 Å². The number of nitrogens with zero attached hydrogens (tertiary/aromatic N) is 2. The second-order valence-electron chi connectivity index (χ2n) is 17.5. The van der Waals surface area contributed by atoms with E-state index in [1.54, 1.807) is 0 Å². The lowest BCUT2D eigenvalue weighted by molar-refractivity contribution is 0.667. The van der Waals surface area contributed by atoms with Gasteiger partial charge in [0.2, 0.25) is 0 Å². The normalized spacial score (nSPS) is 13.6. The lowest BCUT2D eigenvalue weighted by Gasteiger charge is -2.40. The third kappa shape index (κ3) is 5.69. The third-order valence-corrected chi connectivity index (χ3v) is 15.0. The van der Waals surface area contributed by atoms with E-state index < -0.39 is 5.41 Å². The van der Waals surface area contributed by atoms with Crippen LogP contribution in [0.25, 0.3) is 56.0 Å². The van der Waals surface area contributed by atoms with E-state index in [9.17, 15) is 0 Å². The summed E-state index contributed by atoms with van der Waals surface area (Å²) >= 11 is 1.81. The number of para-hydroxylation sites is 5. The van der Waals surface area contributed by atoms with Gasteiger partial charge >= 0.3 is 0 Å². The molecule has 14 rings (SSSR count). The maximum Gasteiger partial charge on any atom is 0.160 e. The molecule has 0 unspecified atom stereocenters. The molecule has 0 spiro atoms. The standard InChI is InChI=1S/C63H40N2O2S/c1-5-19-41(20-6-1)63(42-21-7-2-8-22-42)50-36-38-57-60(48-27-13-16-30-55(48)66-57)46(50)34-35-47-51(63)40-54(62-61(47)49-28-14-17-31-56(49)67-62)65-52-29-15-18-32-58(52)68-59-39-45(33-37-53(59)65)64(43-23-9-3-10-24-43)44-25-11-4-12-26-44/h1-40H. The molecule has 2 aromatic heterocycles. The minimum Gasteiger partial charge on any atom is -0.456 e. The molecule has 12 aromatic rings. The minimum absolute atomic E-state index is 0.798. The van der Waals surface area contributed by atoms with Crippen LogP contribution in [-0.4, -0.2) is 0 Å². The highest BCUT2D eigenvalue weighted by atomic mass is 32.2. The number of rotatable bonds is 6. The van der Waals surface area contributed by atoms with Gasteiger partial charge in [-0.05, 0) is 112 Å². The molecule has 0 N–H and O–H groups in total. The highest BCUT2D eigenvalue weighted by Crippen LogP contribution is 2.59. The number of hydrogen-bond acceptors (Lipinski definition) is 5. The predicted molar refractivity (Wildman–Crippen MR) is 282 cm³/mol. The van der Waals surface area contributed by atoms with Crippen molar-refractivity contribution in [2.75, 3.05) is 9.80 Å². The Balaban J connectivity index is 1.11. The molecule has 1 aliphatic heterocycles. The van der Waals surface area contributed by atoms with Crippen molar-refractivity contribution in [2.45, 2.75) is 15.2 Å². The first kappa shape index (κ1) is 38.7. The average molecular weight is 889 g/mol. The van der Waals surface area contributed by atoms with Crippen LogP contribution in [0.5, 0.6) is 0 Å². The molecule has 68 heavy (non-hydrogen) atoms. The summed E-state index contributed by atoms with van der Waals surface area (Å²) in [4.78, 5) is 7.10. The van der Waals surface area contributed by atoms with E-state index in [-0.39, 0.29) is 0 Å². The second-order valence-corrected chi connectivity index (χ2v) is 18.6. The minimum atomic E-state index is -0.798. The summed E-state index contributed by atoms with van der Waals surface area (Å²) < 4.78 is 13.8. The van der Waals surface area contributed by atoms with Crippen molar-refractivity contribution in [3.63, 3.8) is 0 Å². The van der Waals surface area contributed by atoms with Crippen LogP contribution in [0.1, 0.15) is 33.4 Å². The maximum absolute atomic E-state index is 7.22. The predicted octanol–water partition coefficient (Wildman–Crippen LogP) is 17.8. The molecule has 0 amide bonds. The molecule has 5 heteroatoms. The first-order chi connectivity index (χ1) is 33.7. The summed E-state index contributed by atoms with van der Waals surface area (Å²) in [5.74, 6) is 0. The fraction of sp³-hybridized carbons (Fsp3) is 0.0159. The Hall–Kier alpha value is -8.51. The Morgan fingerprint density at radius 2 is 0.926 bits per heavy atom. The molecule has 0 saturated carbocycles. The molecule has 2 aliphatic rings. The Kier molecular flexibility index (Phi) is 8.70. The van der Waals surface area contributed by atoms with Gasteiger partial charge in [-0.25, -0.2) is 0 Å². The first-order valence-corrected chi connectivity index (χ1v) is 23.9. The van der Waals surface area contributed by atoms with Crippen molar-refractivity contribution < 1.29 is 8.83 Å². The number of anilines is 6. The van der Waals surface area contributed by atoms with Crippen molar-refractivity contribution in [1.82, 2.24) is 0 Å². The zero-order valence-corrected chi connectivity index (χ0v) is 37.5. The van der Waals surface area contributed by atoms with E-state index in [1.165, 1.54) is 27.1 Å². The van der Waals surface area contributed by atoms with Crippen LogP contribution >= 0.6 is 11.8 Å². The van der Waals surface area contributed by atoms with Gasteiger partial charge in [0.25, 0.3) is 0 Å². The molecule has 4 nitrogen and oxygen atoms in total. The summed E-state index contributed by atoms with van der Waals surface area (Å²) in [5, 5.41) is 4.36. The SMILES string of the molecule is C1=Cc2c(cc(N3c4ccccc4Sc4cc(N(c5ccccc5)c5ccccc5)ccc43)c3oc4ccccc4c23)C(c2ccccc2)(c2ccccc2)c2ccc3oc4ccccc4c3c21. The van der Waals surface area contributed by atoms with E-state index in [2.05, 4.69) is 246 Å². The number of benzene rings is 10. The largest absolute Gasteiger partial charge is 0.456 e. The van der Waals surface area contributed by atoms with Crippen molar-refractivity contribution in [2.24, 2.45) is 0 Å². The molecule has 10 aromatic carbocycles. The Morgan fingerprint density at radius 3 is 1.60 bits per heavy atom. The van der Waals surface area contributed by atoms with Crippen LogP contribution in [-0.2, 0) is 5.41 Å². The van der Waals surface area contributed by atoms with Gasteiger partial charge in [0.05, 0.1) is 22.5 Å². The molecule has 3 heterocycles. The number of furan rings is 2. The summed E-state index contributed by atoms with van der Waals surface area (Å²) in [6.07, 6.45) is 4.68. The van der Waals surface area contributed by atoms with Gasteiger partial charge < -0.3 is 18.6 Å². The van der Waals surface area contributed by atoms with E-state index in [4.69, 9.17) is 8.83 Å². The fourth-order valence-electron chi connectivity index (χ4n) is 11.1. The lowest BCUT2D eigenvalue weighted by Crippen LogP contribution is -2.32. The average Bonchev–Trinajstić information content (AvgIpc) is 3.95. The highest BCUT2D eigenvalue weighted by molar-refractivity contribution is 7.99. The first-order valence-electron chi connectivity index (χ1n) is 23.1. The van der Waals surface area contributed by atoms with Gasteiger partial charge in [0, 0.05) is 48.4 Å². The monoisotopic (exact) mass is 888 g/mol. The van der Waals surface area contributed by atoms with Crippen molar-refractivity contribution in [3.8, 4) is 0 Å². The molecule has 0 bridgehead atoms. The molecule has 0 fully saturated rings. The molecular formula is C63H40N2O2S. The topological polar surface area (TPSA) is 32.8 Å². The van der Waals surface area contributed by atoms with E-state index in [0.29, 0.717) is 0 Å². The van der Waals surface area contributed by atoms with Gasteiger partial charge in [-0.15, -0.1) is 0 Å². The molecular weight excluding hydrogens is 849 g/mol. The number of fused-ring (bicyclic) bond motifs is 12. The zero-order chi connectivity index (χ0) is 44.8. The van der Waals surface area contributed by atoms with Gasteiger partial charge in [-0.2, -0.15) is 0 Å². The Morgan fingerprint density at radius 1 is 0.382 bits per heavy atom. The van der Waals surface area contributed by atoms with Crippen LogP contribution in [0.4, 0.5) is 34.1 Å². The van der Waals surface area contributed by atoms with Crippen LogP contribution < -0.4 is 9.80 Å². The van der Waals surface area contributed by atoms with Crippen LogP contribution in [0.15, 0.2) is 249 Å². The van der Waals surface area contributed by atoms with E-state index >= 15 is 0 Å². The maximum atomic E-state index is 7.22. The smallest absolute Gasteiger partial charge is 0.160 e.